The van der Waals surface area contributed by atoms with Gasteiger partial charge in [0, 0.05) is 31.7 Å². The molecule has 1 heterocycles. The fourth-order valence-electron chi connectivity index (χ4n) is 2.97. The molecule has 1 aliphatic carbocycles. The molecule has 0 fully saturated rings. The molecule has 1 N–H and O–H groups in total. The molecule has 0 spiro atoms. The molecule has 102 valence electrons. The van der Waals surface area contributed by atoms with Gasteiger partial charge >= 0.3 is 0 Å². The molecule has 1 aromatic heterocycles. The maximum absolute atomic E-state index is 9.04. The summed E-state index contributed by atoms with van der Waals surface area (Å²) in [7, 11) is 1.94. The summed E-state index contributed by atoms with van der Waals surface area (Å²) in [4.78, 5) is 0. The second-order valence-electron chi connectivity index (χ2n) is 5.54. The summed E-state index contributed by atoms with van der Waals surface area (Å²) in [5.74, 6) is 0.644. The SMILES string of the molecule is Cc1c(CNCC2Cc3ccccc32)cc(C#N)n1C. The average Bonchev–Trinajstić information content (AvgIpc) is 2.71. The van der Waals surface area contributed by atoms with Crippen molar-refractivity contribution in [3.05, 3.63) is 58.4 Å². The molecule has 2 aromatic rings. The average molecular weight is 265 g/mol. The van der Waals surface area contributed by atoms with E-state index in [1.165, 1.54) is 28.8 Å². The van der Waals surface area contributed by atoms with Gasteiger partial charge in [0.25, 0.3) is 0 Å². The molecule has 3 nitrogen and oxygen atoms in total. The topological polar surface area (TPSA) is 40.8 Å². The van der Waals surface area contributed by atoms with Crippen LogP contribution in [0.25, 0.3) is 0 Å². The molecule has 0 saturated carbocycles. The molecule has 0 amide bonds. The molecule has 1 unspecified atom stereocenters. The van der Waals surface area contributed by atoms with Crippen LogP contribution in [0.1, 0.15) is 34.0 Å². The van der Waals surface area contributed by atoms with Crippen molar-refractivity contribution < 1.29 is 0 Å². The van der Waals surface area contributed by atoms with Gasteiger partial charge in [0.1, 0.15) is 11.8 Å². The number of fused-ring (bicyclic) bond motifs is 1. The van der Waals surface area contributed by atoms with E-state index in [1.807, 2.05) is 17.7 Å². The Hall–Kier alpha value is -2.05. The van der Waals surface area contributed by atoms with Crippen molar-refractivity contribution in [3.8, 4) is 6.07 Å². The first kappa shape index (κ1) is 13.0. The van der Waals surface area contributed by atoms with E-state index in [0.29, 0.717) is 5.92 Å². The van der Waals surface area contributed by atoms with E-state index >= 15 is 0 Å². The van der Waals surface area contributed by atoms with E-state index in [9.17, 15) is 0 Å². The monoisotopic (exact) mass is 265 g/mol. The summed E-state index contributed by atoms with van der Waals surface area (Å²) in [6.07, 6.45) is 1.18. The third kappa shape index (κ3) is 2.13. The number of hydrogen-bond donors (Lipinski definition) is 1. The number of hydrogen-bond acceptors (Lipinski definition) is 2. The minimum atomic E-state index is 0.644. The number of nitriles is 1. The lowest BCUT2D eigenvalue weighted by Crippen LogP contribution is -2.28. The number of benzene rings is 1. The summed E-state index contributed by atoms with van der Waals surface area (Å²) in [6, 6.07) is 12.9. The van der Waals surface area contributed by atoms with Crippen LogP contribution in [0.2, 0.25) is 0 Å². The highest BCUT2D eigenvalue weighted by molar-refractivity contribution is 5.40. The van der Waals surface area contributed by atoms with Crippen LogP contribution in [0.3, 0.4) is 0 Å². The Morgan fingerprint density at radius 2 is 2.20 bits per heavy atom. The maximum atomic E-state index is 9.04. The van der Waals surface area contributed by atoms with E-state index in [-0.39, 0.29) is 0 Å². The molecule has 20 heavy (non-hydrogen) atoms. The third-order valence-corrected chi connectivity index (χ3v) is 4.42. The van der Waals surface area contributed by atoms with E-state index in [2.05, 4.69) is 42.6 Å². The maximum Gasteiger partial charge on any atom is 0.120 e. The molecule has 1 aromatic carbocycles. The van der Waals surface area contributed by atoms with E-state index < -0.39 is 0 Å². The molecular formula is C17H19N3. The molecule has 1 aliphatic rings. The van der Waals surface area contributed by atoms with Crippen molar-refractivity contribution in [1.29, 1.82) is 5.26 Å². The van der Waals surface area contributed by atoms with Crippen molar-refractivity contribution in [2.45, 2.75) is 25.8 Å². The van der Waals surface area contributed by atoms with Gasteiger partial charge in [0.2, 0.25) is 0 Å². The first-order valence-corrected chi connectivity index (χ1v) is 7.04. The van der Waals surface area contributed by atoms with Gasteiger partial charge < -0.3 is 9.88 Å². The highest BCUT2D eigenvalue weighted by atomic mass is 15.0. The third-order valence-electron chi connectivity index (χ3n) is 4.42. The Labute approximate surface area is 119 Å². The fourth-order valence-corrected chi connectivity index (χ4v) is 2.97. The van der Waals surface area contributed by atoms with Crippen molar-refractivity contribution >= 4 is 0 Å². The highest BCUT2D eigenvalue weighted by Crippen LogP contribution is 2.34. The predicted octanol–water partition coefficient (Wildman–Crippen LogP) is 2.63. The van der Waals surface area contributed by atoms with E-state index in [0.717, 1.165) is 18.8 Å². The van der Waals surface area contributed by atoms with Gasteiger partial charge in [-0.1, -0.05) is 24.3 Å². The van der Waals surface area contributed by atoms with E-state index in [1.54, 1.807) is 0 Å². The van der Waals surface area contributed by atoms with Crippen LogP contribution in [0.5, 0.6) is 0 Å². The van der Waals surface area contributed by atoms with Crippen molar-refractivity contribution in [3.63, 3.8) is 0 Å². The molecule has 3 heteroatoms. The first-order chi connectivity index (χ1) is 9.70. The zero-order chi connectivity index (χ0) is 14.1. The highest BCUT2D eigenvalue weighted by Gasteiger charge is 2.24. The Balaban J connectivity index is 1.58. The largest absolute Gasteiger partial charge is 0.340 e. The van der Waals surface area contributed by atoms with Gasteiger partial charge in [-0.05, 0) is 36.1 Å². The van der Waals surface area contributed by atoms with Crippen molar-refractivity contribution in [1.82, 2.24) is 9.88 Å². The van der Waals surface area contributed by atoms with Crippen LogP contribution < -0.4 is 5.32 Å². The Kier molecular flexibility index (Phi) is 3.33. The molecule has 0 radical (unpaired) electrons. The number of rotatable bonds is 4. The van der Waals surface area contributed by atoms with Crippen LogP contribution in [0.4, 0.5) is 0 Å². The zero-order valence-electron chi connectivity index (χ0n) is 12.0. The van der Waals surface area contributed by atoms with Gasteiger partial charge in [-0.25, -0.2) is 0 Å². The van der Waals surface area contributed by atoms with Crippen LogP contribution in [0, 0.1) is 18.3 Å². The van der Waals surface area contributed by atoms with Crippen LogP contribution in [-0.4, -0.2) is 11.1 Å². The fraction of sp³-hybridized carbons (Fsp3) is 0.353. The second-order valence-corrected chi connectivity index (χ2v) is 5.54. The molecule has 0 bridgehead atoms. The summed E-state index contributed by atoms with van der Waals surface area (Å²) < 4.78 is 1.95. The van der Waals surface area contributed by atoms with E-state index in [4.69, 9.17) is 5.26 Å². The normalized spacial score (nSPS) is 16.4. The van der Waals surface area contributed by atoms with Crippen LogP contribution in [0.15, 0.2) is 30.3 Å². The summed E-state index contributed by atoms with van der Waals surface area (Å²) in [6.45, 7) is 3.91. The predicted molar refractivity (Wildman–Crippen MR) is 79.5 cm³/mol. The molecule has 0 aliphatic heterocycles. The Morgan fingerprint density at radius 3 is 2.90 bits per heavy atom. The molecule has 3 rings (SSSR count). The van der Waals surface area contributed by atoms with Crippen molar-refractivity contribution in [2.75, 3.05) is 6.54 Å². The lowest BCUT2D eigenvalue weighted by Gasteiger charge is -2.30. The summed E-state index contributed by atoms with van der Waals surface area (Å²) in [5, 5.41) is 12.6. The van der Waals surface area contributed by atoms with Crippen LogP contribution in [-0.2, 0) is 20.0 Å². The van der Waals surface area contributed by atoms with Gasteiger partial charge in [0.05, 0.1) is 0 Å². The zero-order valence-corrected chi connectivity index (χ0v) is 12.0. The van der Waals surface area contributed by atoms with Crippen molar-refractivity contribution in [2.24, 2.45) is 7.05 Å². The van der Waals surface area contributed by atoms with Gasteiger partial charge in [0.15, 0.2) is 0 Å². The lowest BCUT2D eigenvalue weighted by atomic mass is 9.77. The standard InChI is InChI=1S/C17H19N3/c1-12-14(8-16(9-18)20(12)2)10-19-11-15-7-13-5-3-4-6-17(13)15/h3-6,8,15,19H,7,10-11H2,1-2H3. The Morgan fingerprint density at radius 1 is 1.40 bits per heavy atom. The molecule has 0 saturated heterocycles. The summed E-state index contributed by atoms with van der Waals surface area (Å²) >= 11 is 0. The number of nitrogens with zero attached hydrogens (tertiary/aromatic N) is 2. The number of nitrogens with one attached hydrogen (secondary N) is 1. The molecule has 1 atom stereocenters. The minimum absolute atomic E-state index is 0.644. The van der Waals surface area contributed by atoms with Crippen LogP contribution >= 0.6 is 0 Å². The smallest absolute Gasteiger partial charge is 0.120 e. The van der Waals surface area contributed by atoms with Gasteiger partial charge in [-0.3, -0.25) is 0 Å². The minimum Gasteiger partial charge on any atom is -0.340 e. The van der Waals surface area contributed by atoms with Gasteiger partial charge in [-0.2, -0.15) is 5.26 Å². The number of aromatic nitrogens is 1. The summed E-state index contributed by atoms with van der Waals surface area (Å²) in [5.41, 5.74) is 6.09. The Bertz CT molecular complexity index is 676. The second kappa shape index (κ2) is 5.15. The quantitative estimate of drug-likeness (QED) is 0.923. The first-order valence-electron chi connectivity index (χ1n) is 7.04. The molecular weight excluding hydrogens is 246 g/mol. The van der Waals surface area contributed by atoms with Gasteiger partial charge in [-0.15, -0.1) is 0 Å². The lowest BCUT2D eigenvalue weighted by molar-refractivity contribution is 0.535.